The number of hydrogen-bond acceptors (Lipinski definition) is 5. The molecule has 5 heteroatoms. The number of phenolic OH excluding ortho intramolecular Hbond substituents is 1. The minimum absolute atomic E-state index is 0.0953. The van der Waals surface area contributed by atoms with Crippen LogP contribution in [0.1, 0.15) is 51.2 Å². The van der Waals surface area contributed by atoms with Gasteiger partial charge in [0.2, 0.25) is 0 Å². The van der Waals surface area contributed by atoms with Crippen LogP contribution in [0.2, 0.25) is 0 Å². The van der Waals surface area contributed by atoms with Crippen LogP contribution in [0.15, 0.2) is 21.5 Å². The number of Topliss-reactive ketones (excluding diaryl/α,β-unsaturated/α-hetero) is 1. The third kappa shape index (κ3) is 1.97. The van der Waals surface area contributed by atoms with Crippen LogP contribution in [-0.2, 0) is 16.6 Å². The number of carbonyl (C=O) groups excluding carboxylic acids is 1. The van der Waals surface area contributed by atoms with Gasteiger partial charge in [-0.1, -0.05) is 20.8 Å². The minimum Gasteiger partial charge on any atom is -0.504 e. The largest absolute Gasteiger partial charge is 0.504 e. The number of ketones is 1. The van der Waals surface area contributed by atoms with Crippen molar-refractivity contribution in [1.29, 1.82) is 0 Å². The first kappa shape index (κ1) is 17.1. The van der Waals surface area contributed by atoms with Crippen molar-refractivity contribution < 1.29 is 19.1 Å². The van der Waals surface area contributed by atoms with Crippen LogP contribution < -0.4 is 10.4 Å². The molecule has 1 aromatic heterocycles. The highest BCUT2D eigenvalue weighted by molar-refractivity contribution is 5.95. The molecule has 2 aromatic rings. The first-order valence-electron chi connectivity index (χ1n) is 9.10. The predicted molar refractivity (Wildman–Crippen MR) is 97.9 cm³/mol. The van der Waals surface area contributed by atoms with Crippen molar-refractivity contribution in [3.8, 4) is 11.5 Å². The van der Waals surface area contributed by atoms with Crippen molar-refractivity contribution in [2.75, 3.05) is 7.11 Å². The molecule has 0 saturated heterocycles. The average Bonchev–Trinajstić information content (AvgIpc) is 2.58. The molecule has 0 bridgehead atoms. The van der Waals surface area contributed by atoms with Gasteiger partial charge in [0.25, 0.3) is 0 Å². The molecule has 0 unspecified atom stereocenters. The molecule has 1 saturated carbocycles. The van der Waals surface area contributed by atoms with Crippen LogP contribution in [0.5, 0.6) is 11.5 Å². The molecule has 0 aliphatic heterocycles. The quantitative estimate of drug-likeness (QED) is 0.843. The number of rotatable bonds is 1. The van der Waals surface area contributed by atoms with Crippen molar-refractivity contribution in [1.82, 2.24) is 0 Å². The lowest BCUT2D eigenvalue weighted by molar-refractivity contribution is -0.137. The van der Waals surface area contributed by atoms with E-state index >= 15 is 0 Å². The molecule has 138 valence electrons. The second-order valence-corrected chi connectivity index (χ2v) is 8.39. The summed E-state index contributed by atoms with van der Waals surface area (Å²) >= 11 is 0. The Kier molecular flexibility index (Phi) is 3.52. The number of hydrogen-bond donors (Lipinski definition) is 1. The predicted octanol–water partition coefficient (Wildman–Crippen LogP) is 3.72. The molecule has 0 radical (unpaired) electrons. The summed E-state index contributed by atoms with van der Waals surface area (Å²) in [5.41, 5.74) is 0.346. The third-order valence-corrected chi connectivity index (χ3v) is 6.87. The van der Waals surface area contributed by atoms with E-state index in [1.54, 1.807) is 6.07 Å². The van der Waals surface area contributed by atoms with Crippen molar-refractivity contribution in [2.45, 2.75) is 51.9 Å². The maximum atomic E-state index is 12.5. The zero-order chi connectivity index (χ0) is 18.9. The van der Waals surface area contributed by atoms with Gasteiger partial charge in [-0.2, -0.15) is 0 Å². The van der Waals surface area contributed by atoms with E-state index in [1.165, 1.54) is 13.4 Å². The van der Waals surface area contributed by atoms with Crippen molar-refractivity contribution in [3.63, 3.8) is 0 Å². The molecule has 4 rings (SSSR count). The molecule has 5 nitrogen and oxygen atoms in total. The number of aryl methyl sites for hydroxylation is 1. The van der Waals surface area contributed by atoms with E-state index in [-0.39, 0.29) is 17.5 Å². The number of ether oxygens (including phenoxy) is 1. The molecular weight excluding hydrogens is 332 g/mol. The molecule has 1 heterocycles. The summed E-state index contributed by atoms with van der Waals surface area (Å²) in [5, 5.41) is 12.2. The number of carbonyl (C=O) groups is 1. The summed E-state index contributed by atoms with van der Waals surface area (Å²) in [6, 6.07) is 1.67. The standard InChI is InChI=1S/C21H24O5/c1-20(2)13-6-5-11-15-12(8-10-26-19(15)24)18(25-4)17(23)16(11)21(13,3)9-7-14(20)22/h8,10,13,23H,5-7,9H2,1-4H3/t13-,21-/m0/s1. The molecule has 26 heavy (non-hydrogen) atoms. The number of fused-ring (bicyclic) bond motifs is 5. The van der Waals surface area contributed by atoms with Crippen molar-refractivity contribution >= 4 is 16.6 Å². The number of phenols is 1. The van der Waals surface area contributed by atoms with E-state index in [2.05, 4.69) is 6.92 Å². The fourth-order valence-corrected chi connectivity index (χ4v) is 5.60. The molecule has 2 aliphatic rings. The summed E-state index contributed by atoms with van der Waals surface area (Å²) in [6.45, 7) is 6.12. The van der Waals surface area contributed by atoms with E-state index in [4.69, 9.17) is 9.15 Å². The summed E-state index contributed by atoms with van der Waals surface area (Å²) in [5.74, 6) is 0.781. The normalized spacial score (nSPS) is 27.1. The lowest BCUT2D eigenvalue weighted by Gasteiger charge is -2.53. The molecule has 1 aromatic carbocycles. The molecule has 2 atom stereocenters. The number of aromatic hydroxyl groups is 1. The zero-order valence-electron chi connectivity index (χ0n) is 15.6. The topological polar surface area (TPSA) is 76.7 Å². The fraction of sp³-hybridized carbons (Fsp3) is 0.524. The van der Waals surface area contributed by atoms with Crippen LogP contribution in [0.3, 0.4) is 0 Å². The van der Waals surface area contributed by atoms with Gasteiger partial charge < -0.3 is 14.3 Å². The van der Waals surface area contributed by atoms with Gasteiger partial charge >= 0.3 is 5.63 Å². The summed E-state index contributed by atoms with van der Waals surface area (Å²) in [4.78, 5) is 25.1. The Morgan fingerprint density at radius 1 is 1.23 bits per heavy atom. The number of methoxy groups -OCH3 is 1. The number of benzene rings is 1. The molecule has 0 spiro atoms. The van der Waals surface area contributed by atoms with Gasteiger partial charge in [-0.3, -0.25) is 4.79 Å². The second kappa shape index (κ2) is 5.35. The van der Waals surface area contributed by atoms with Gasteiger partial charge in [0, 0.05) is 28.2 Å². The van der Waals surface area contributed by atoms with E-state index in [0.717, 1.165) is 17.5 Å². The van der Waals surface area contributed by atoms with E-state index in [0.29, 0.717) is 35.8 Å². The Balaban J connectivity index is 2.10. The van der Waals surface area contributed by atoms with Crippen LogP contribution in [0.4, 0.5) is 0 Å². The van der Waals surface area contributed by atoms with E-state index < -0.39 is 16.5 Å². The maximum absolute atomic E-state index is 12.5. The van der Waals surface area contributed by atoms with Gasteiger partial charge in [-0.05, 0) is 36.8 Å². The Bertz CT molecular complexity index is 984. The van der Waals surface area contributed by atoms with Crippen LogP contribution in [0, 0.1) is 11.3 Å². The lowest BCUT2D eigenvalue weighted by Crippen LogP contribution is -2.52. The van der Waals surface area contributed by atoms with Gasteiger partial charge in [0.05, 0.1) is 18.8 Å². The third-order valence-electron chi connectivity index (χ3n) is 6.87. The lowest BCUT2D eigenvalue weighted by atomic mass is 9.49. The first-order valence-corrected chi connectivity index (χ1v) is 9.10. The zero-order valence-corrected chi connectivity index (χ0v) is 15.6. The summed E-state index contributed by atoms with van der Waals surface area (Å²) < 4.78 is 10.6. The van der Waals surface area contributed by atoms with Gasteiger partial charge in [-0.15, -0.1) is 0 Å². The van der Waals surface area contributed by atoms with Crippen molar-refractivity contribution in [3.05, 3.63) is 33.9 Å². The van der Waals surface area contributed by atoms with Crippen molar-refractivity contribution in [2.24, 2.45) is 11.3 Å². The Morgan fingerprint density at radius 2 is 1.96 bits per heavy atom. The Hall–Kier alpha value is -2.30. The SMILES string of the molecule is COc1c(O)c2c(c3c(=O)occc13)CC[C@H]1C(C)(C)C(=O)CC[C@]21C. The van der Waals surface area contributed by atoms with E-state index in [9.17, 15) is 14.7 Å². The average molecular weight is 356 g/mol. The smallest absolute Gasteiger partial charge is 0.343 e. The monoisotopic (exact) mass is 356 g/mol. The van der Waals surface area contributed by atoms with Crippen LogP contribution >= 0.6 is 0 Å². The molecular formula is C21H24O5. The first-order chi connectivity index (χ1) is 12.2. The minimum atomic E-state index is -0.458. The highest BCUT2D eigenvalue weighted by Crippen LogP contribution is 2.60. The van der Waals surface area contributed by atoms with Crippen LogP contribution in [0.25, 0.3) is 10.8 Å². The van der Waals surface area contributed by atoms with Gasteiger partial charge in [0.15, 0.2) is 11.5 Å². The molecule has 0 amide bonds. The Morgan fingerprint density at radius 3 is 2.65 bits per heavy atom. The molecule has 1 N–H and O–H groups in total. The molecule has 2 aliphatic carbocycles. The van der Waals surface area contributed by atoms with Gasteiger partial charge in [0.1, 0.15) is 5.78 Å². The highest BCUT2D eigenvalue weighted by atomic mass is 16.5. The van der Waals surface area contributed by atoms with Crippen LogP contribution in [-0.4, -0.2) is 18.0 Å². The molecule has 1 fully saturated rings. The summed E-state index contributed by atoms with van der Waals surface area (Å²) in [6.07, 6.45) is 3.90. The Labute approximate surface area is 152 Å². The maximum Gasteiger partial charge on any atom is 0.343 e. The van der Waals surface area contributed by atoms with Gasteiger partial charge in [-0.25, -0.2) is 4.79 Å². The second-order valence-electron chi connectivity index (χ2n) is 8.39. The summed E-state index contributed by atoms with van der Waals surface area (Å²) in [7, 11) is 1.49. The van der Waals surface area contributed by atoms with E-state index in [1.807, 2.05) is 13.8 Å². The fourth-order valence-electron chi connectivity index (χ4n) is 5.60. The highest BCUT2D eigenvalue weighted by Gasteiger charge is 2.55.